The standard InChI is InChI=1S/C27H27ClN6O2/c1-30-27-21(10-11-31-27)26(29)34-12-4-6-17(15-34)16-5-2-8-19(13-16)32-22-23(25(36)24(22)35)33-20-9-3-7-18(28)14-20/h2-3,5,7-11,13-14,17,29-33H,4,6,12,15H2,1H3. The molecular formula is C27H27ClN6O2. The molecule has 1 atom stereocenters. The monoisotopic (exact) mass is 502 g/mol. The van der Waals surface area contributed by atoms with Crippen molar-refractivity contribution in [3.05, 3.63) is 97.4 Å². The van der Waals surface area contributed by atoms with Gasteiger partial charge in [0, 0.05) is 48.6 Å². The molecule has 0 radical (unpaired) electrons. The number of aromatic nitrogens is 1. The maximum absolute atomic E-state index is 12.3. The van der Waals surface area contributed by atoms with Gasteiger partial charge in [0.25, 0.3) is 10.9 Å². The molecule has 4 aromatic rings. The Morgan fingerprint density at radius 2 is 1.72 bits per heavy atom. The summed E-state index contributed by atoms with van der Waals surface area (Å²) in [6.45, 7) is 1.57. The number of H-pyrrole nitrogens is 1. The second-order valence-electron chi connectivity index (χ2n) is 8.94. The third-order valence-electron chi connectivity index (χ3n) is 6.62. The molecule has 8 nitrogen and oxygen atoms in total. The van der Waals surface area contributed by atoms with Gasteiger partial charge >= 0.3 is 0 Å². The Morgan fingerprint density at radius 1 is 1.03 bits per heavy atom. The van der Waals surface area contributed by atoms with E-state index in [0.29, 0.717) is 16.5 Å². The number of piperidine rings is 1. The molecule has 3 aromatic carbocycles. The molecule has 1 saturated heterocycles. The van der Waals surface area contributed by atoms with E-state index in [1.807, 2.05) is 37.5 Å². The summed E-state index contributed by atoms with van der Waals surface area (Å²) in [5.41, 5.74) is 2.74. The lowest BCUT2D eigenvalue weighted by Crippen LogP contribution is -2.39. The molecule has 9 heteroatoms. The number of halogens is 1. The lowest BCUT2D eigenvalue weighted by Gasteiger charge is -2.35. The van der Waals surface area contributed by atoms with Crippen molar-refractivity contribution in [1.82, 2.24) is 9.88 Å². The molecule has 2 heterocycles. The third-order valence-corrected chi connectivity index (χ3v) is 6.86. The van der Waals surface area contributed by atoms with E-state index in [9.17, 15) is 9.59 Å². The molecule has 1 aromatic heterocycles. The number of rotatable bonds is 7. The molecular weight excluding hydrogens is 476 g/mol. The Morgan fingerprint density at radius 3 is 2.42 bits per heavy atom. The van der Waals surface area contributed by atoms with E-state index in [-0.39, 0.29) is 17.3 Å². The number of anilines is 5. The molecule has 0 spiro atoms. The van der Waals surface area contributed by atoms with Gasteiger partial charge in [-0.3, -0.25) is 15.0 Å². The van der Waals surface area contributed by atoms with Gasteiger partial charge in [-0.25, -0.2) is 0 Å². The predicted molar refractivity (Wildman–Crippen MR) is 147 cm³/mol. The van der Waals surface area contributed by atoms with Crippen LogP contribution in [-0.2, 0) is 0 Å². The number of nitrogens with zero attached hydrogens (tertiary/aromatic N) is 1. The van der Waals surface area contributed by atoms with Crippen molar-refractivity contribution in [1.29, 1.82) is 5.41 Å². The van der Waals surface area contributed by atoms with Gasteiger partial charge in [-0.2, -0.15) is 0 Å². The van der Waals surface area contributed by atoms with E-state index in [1.54, 1.807) is 24.3 Å². The third kappa shape index (κ3) is 4.59. The van der Waals surface area contributed by atoms with Crippen LogP contribution in [-0.4, -0.2) is 35.9 Å². The summed E-state index contributed by atoms with van der Waals surface area (Å²) in [7, 11) is 1.84. The fourth-order valence-corrected chi connectivity index (χ4v) is 4.94. The summed E-state index contributed by atoms with van der Waals surface area (Å²) < 4.78 is 0. The number of hydrogen-bond acceptors (Lipinski definition) is 6. The highest BCUT2D eigenvalue weighted by molar-refractivity contribution is 6.30. The van der Waals surface area contributed by atoms with Crippen molar-refractivity contribution in [2.45, 2.75) is 18.8 Å². The predicted octanol–water partition coefficient (Wildman–Crippen LogP) is 5.00. The minimum Gasteiger partial charge on any atom is -0.374 e. The fraction of sp³-hybridized carbons (Fsp3) is 0.222. The Balaban J connectivity index is 1.32. The zero-order valence-corrected chi connectivity index (χ0v) is 20.6. The lowest BCUT2D eigenvalue weighted by atomic mass is 9.90. The minimum absolute atomic E-state index is 0.233. The average Bonchev–Trinajstić information content (AvgIpc) is 3.39. The van der Waals surface area contributed by atoms with Gasteiger partial charge in [0.1, 0.15) is 23.0 Å². The maximum Gasteiger partial charge on any atom is 0.253 e. The van der Waals surface area contributed by atoms with E-state index in [4.69, 9.17) is 17.0 Å². The van der Waals surface area contributed by atoms with Crippen LogP contribution in [0.5, 0.6) is 0 Å². The second-order valence-corrected chi connectivity index (χ2v) is 9.38. The molecule has 1 aliphatic heterocycles. The zero-order chi connectivity index (χ0) is 25.2. The molecule has 1 unspecified atom stereocenters. The van der Waals surface area contributed by atoms with Gasteiger partial charge in [0.15, 0.2) is 0 Å². The van der Waals surface area contributed by atoms with Crippen LogP contribution in [0.2, 0.25) is 5.02 Å². The zero-order valence-electron chi connectivity index (χ0n) is 19.8. The summed E-state index contributed by atoms with van der Waals surface area (Å²) in [4.78, 5) is 29.8. The van der Waals surface area contributed by atoms with E-state index in [1.165, 1.54) is 0 Å². The maximum atomic E-state index is 12.3. The van der Waals surface area contributed by atoms with Gasteiger partial charge in [-0.15, -0.1) is 0 Å². The lowest BCUT2D eigenvalue weighted by molar-refractivity contribution is 0.308. The number of benzene rings is 2. The van der Waals surface area contributed by atoms with Crippen LogP contribution < -0.4 is 26.8 Å². The topological polar surface area (TPSA) is 113 Å². The summed E-state index contributed by atoms with van der Waals surface area (Å²) in [6.07, 6.45) is 3.83. The summed E-state index contributed by atoms with van der Waals surface area (Å²) >= 11 is 6.04. The van der Waals surface area contributed by atoms with Crippen molar-refractivity contribution in [3.8, 4) is 0 Å². The summed E-state index contributed by atoms with van der Waals surface area (Å²) in [5.74, 6) is 1.58. The van der Waals surface area contributed by atoms with E-state index in [0.717, 1.165) is 48.6 Å². The first-order valence-corrected chi connectivity index (χ1v) is 12.2. The number of likely N-dealkylation sites (tertiary alicyclic amines) is 1. The Labute approximate surface area is 213 Å². The highest BCUT2D eigenvalue weighted by Crippen LogP contribution is 2.32. The van der Waals surface area contributed by atoms with Crippen molar-refractivity contribution >= 4 is 46.0 Å². The Bertz CT molecular complexity index is 1490. The van der Waals surface area contributed by atoms with Crippen molar-refractivity contribution in [2.75, 3.05) is 36.1 Å². The number of aromatic amines is 1. The van der Waals surface area contributed by atoms with Gasteiger partial charge < -0.3 is 25.8 Å². The van der Waals surface area contributed by atoms with Gasteiger partial charge in [-0.05, 0) is 54.8 Å². The number of hydrogen-bond donors (Lipinski definition) is 5. The molecule has 1 fully saturated rings. The Kier molecular flexibility index (Phi) is 6.52. The highest BCUT2D eigenvalue weighted by Gasteiger charge is 2.26. The summed E-state index contributed by atoms with van der Waals surface area (Å²) in [6, 6.07) is 16.8. The number of amidine groups is 1. The first-order chi connectivity index (χ1) is 17.4. The normalized spacial score (nSPS) is 15.6. The molecule has 0 aliphatic carbocycles. The molecule has 5 rings (SSSR count). The van der Waals surface area contributed by atoms with E-state index < -0.39 is 10.9 Å². The van der Waals surface area contributed by atoms with Crippen LogP contribution in [0.4, 0.5) is 28.6 Å². The van der Waals surface area contributed by atoms with Crippen LogP contribution in [0.15, 0.2) is 70.4 Å². The Hall–Kier alpha value is -4.04. The van der Waals surface area contributed by atoms with Crippen LogP contribution in [0.1, 0.15) is 29.9 Å². The first kappa shape index (κ1) is 23.7. The molecule has 0 saturated carbocycles. The van der Waals surface area contributed by atoms with Crippen LogP contribution in [0, 0.1) is 5.41 Å². The number of nitrogens with one attached hydrogen (secondary N) is 5. The second kappa shape index (κ2) is 9.91. The van der Waals surface area contributed by atoms with Crippen molar-refractivity contribution in [3.63, 3.8) is 0 Å². The fourth-order valence-electron chi connectivity index (χ4n) is 4.75. The first-order valence-electron chi connectivity index (χ1n) is 11.9. The molecule has 1 aliphatic rings. The van der Waals surface area contributed by atoms with Crippen molar-refractivity contribution in [2.24, 2.45) is 0 Å². The molecule has 5 N–H and O–H groups in total. The molecule has 36 heavy (non-hydrogen) atoms. The van der Waals surface area contributed by atoms with Gasteiger partial charge in [-0.1, -0.05) is 29.8 Å². The van der Waals surface area contributed by atoms with Crippen LogP contribution in [0.3, 0.4) is 0 Å². The van der Waals surface area contributed by atoms with Gasteiger partial charge in [0.05, 0.1) is 5.56 Å². The van der Waals surface area contributed by atoms with E-state index in [2.05, 4.69) is 31.9 Å². The van der Waals surface area contributed by atoms with Crippen molar-refractivity contribution < 1.29 is 0 Å². The SMILES string of the molecule is CNc1[nH]ccc1C(=N)N1CCCC(c2cccc(Nc3c(Nc4cccc(Cl)c4)c(=O)c3=O)c2)C1. The van der Waals surface area contributed by atoms with Gasteiger partial charge in [0.2, 0.25) is 0 Å². The highest BCUT2D eigenvalue weighted by atomic mass is 35.5. The largest absolute Gasteiger partial charge is 0.374 e. The molecule has 184 valence electrons. The molecule has 0 bridgehead atoms. The van der Waals surface area contributed by atoms with Crippen LogP contribution in [0.25, 0.3) is 0 Å². The van der Waals surface area contributed by atoms with E-state index >= 15 is 0 Å². The minimum atomic E-state index is -0.555. The summed E-state index contributed by atoms with van der Waals surface area (Å²) in [5, 5.41) is 18.5. The molecule has 0 amide bonds. The average molecular weight is 503 g/mol. The van der Waals surface area contributed by atoms with Crippen LogP contribution >= 0.6 is 11.6 Å². The quantitative estimate of drug-likeness (QED) is 0.138. The smallest absolute Gasteiger partial charge is 0.253 e.